The van der Waals surface area contributed by atoms with E-state index in [1.165, 1.54) is 4.90 Å². The number of hydrogen-bond donors (Lipinski definition) is 1. The van der Waals surface area contributed by atoms with Crippen LogP contribution >= 0.6 is 0 Å². The van der Waals surface area contributed by atoms with Gasteiger partial charge in [0.05, 0.1) is 12.5 Å². The van der Waals surface area contributed by atoms with Crippen LogP contribution in [-0.4, -0.2) is 49.3 Å². The lowest BCUT2D eigenvalue weighted by Gasteiger charge is -2.31. The lowest BCUT2D eigenvalue weighted by molar-refractivity contribution is -0.149. The monoisotopic (exact) mass is 282 g/mol. The summed E-state index contributed by atoms with van der Waals surface area (Å²) < 4.78 is 40.8. The van der Waals surface area contributed by atoms with Crippen molar-refractivity contribution in [3.8, 4) is 0 Å². The number of rotatable bonds is 3. The van der Waals surface area contributed by atoms with Gasteiger partial charge in [0.2, 0.25) is 0 Å². The van der Waals surface area contributed by atoms with Gasteiger partial charge in [0, 0.05) is 13.1 Å². The molecular formula is C11H17F3N2O3. The van der Waals surface area contributed by atoms with Crippen molar-refractivity contribution in [3.05, 3.63) is 0 Å². The molecule has 0 unspecified atom stereocenters. The van der Waals surface area contributed by atoms with E-state index in [-0.39, 0.29) is 13.2 Å². The molecule has 2 amide bonds. The third-order valence-electron chi connectivity index (χ3n) is 2.77. The Balaban J connectivity index is 2.45. The highest BCUT2D eigenvalue weighted by Gasteiger charge is 2.32. The quantitative estimate of drug-likeness (QED) is 0.799. The van der Waals surface area contributed by atoms with Gasteiger partial charge in [-0.05, 0) is 19.8 Å². The molecule has 0 radical (unpaired) electrons. The van der Waals surface area contributed by atoms with E-state index in [2.05, 4.69) is 0 Å². The number of alkyl halides is 3. The number of esters is 1. The van der Waals surface area contributed by atoms with E-state index in [0.29, 0.717) is 19.4 Å². The van der Waals surface area contributed by atoms with Crippen LogP contribution in [0.5, 0.6) is 0 Å². The fraction of sp³-hybridized carbons (Fsp3) is 0.818. The molecule has 1 saturated heterocycles. The summed E-state index contributed by atoms with van der Waals surface area (Å²) in [5.41, 5.74) is 0. The molecule has 0 bridgehead atoms. The SMILES string of the molecule is CCOC(=O)[C@@H]1CCCN(C(=O)NCC(F)(F)F)C1. The summed E-state index contributed by atoms with van der Waals surface area (Å²) in [6.07, 6.45) is -3.28. The molecule has 0 aromatic carbocycles. The number of halogens is 3. The van der Waals surface area contributed by atoms with Gasteiger partial charge >= 0.3 is 18.2 Å². The number of carbonyl (C=O) groups excluding carboxylic acids is 2. The number of amides is 2. The summed E-state index contributed by atoms with van der Waals surface area (Å²) >= 11 is 0. The van der Waals surface area contributed by atoms with Crippen molar-refractivity contribution in [1.29, 1.82) is 0 Å². The van der Waals surface area contributed by atoms with Crippen LogP contribution in [0.3, 0.4) is 0 Å². The zero-order valence-corrected chi connectivity index (χ0v) is 10.6. The van der Waals surface area contributed by atoms with E-state index in [9.17, 15) is 22.8 Å². The maximum absolute atomic E-state index is 12.0. The molecule has 8 heteroatoms. The van der Waals surface area contributed by atoms with Crippen LogP contribution in [-0.2, 0) is 9.53 Å². The Morgan fingerprint density at radius 1 is 1.42 bits per heavy atom. The van der Waals surface area contributed by atoms with Crippen LogP contribution in [0, 0.1) is 5.92 Å². The largest absolute Gasteiger partial charge is 0.466 e. The van der Waals surface area contributed by atoms with Gasteiger partial charge in [-0.25, -0.2) is 4.79 Å². The Labute approximate surface area is 109 Å². The number of nitrogens with one attached hydrogen (secondary N) is 1. The minimum absolute atomic E-state index is 0.0997. The number of piperidine rings is 1. The van der Waals surface area contributed by atoms with E-state index in [0.717, 1.165) is 0 Å². The predicted molar refractivity (Wildman–Crippen MR) is 60.4 cm³/mol. The number of likely N-dealkylation sites (tertiary alicyclic amines) is 1. The van der Waals surface area contributed by atoms with E-state index < -0.39 is 30.6 Å². The summed E-state index contributed by atoms with van der Waals surface area (Å²) in [4.78, 5) is 24.3. The normalized spacial score (nSPS) is 20.0. The third-order valence-corrected chi connectivity index (χ3v) is 2.77. The summed E-state index contributed by atoms with van der Waals surface area (Å²) in [5, 5.41) is 1.79. The van der Waals surface area contributed by atoms with Gasteiger partial charge in [-0.3, -0.25) is 4.79 Å². The fourth-order valence-electron chi connectivity index (χ4n) is 1.90. The van der Waals surface area contributed by atoms with Gasteiger partial charge in [-0.15, -0.1) is 0 Å². The van der Waals surface area contributed by atoms with Crippen molar-refractivity contribution in [3.63, 3.8) is 0 Å². The zero-order chi connectivity index (χ0) is 14.5. The first-order chi connectivity index (χ1) is 8.83. The maximum Gasteiger partial charge on any atom is 0.405 e. The number of nitrogens with zero attached hydrogens (tertiary/aromatic N) is 1. The summed E-state index contributed by atoms with van der Waals surface area (Å²) in [7, 11) is 0. The van der Waals surface area contributed by atoms with Gasteiger partial charge in [0.15, 0.2) is 0 Å². The topological polar surface area (TPSA) is 58.6 Å². The minimum atomic E-state index is -4.44. The Morgan fingerprint density at radius 3 is 2.68 bits per heavy atom. The molecule has 0 aromatic heterocycles. The molecule has 1 aliphatic rings. The minimum Gasteiger partial charge on any atom is -0.466 e. The van der Waals surface area contributed by atoms with Gasteiger partial charge in [0.1, 0.15) is 6.54 Å². The first kappa shape index (κ1) is 15.6. The molecule has 19 heavy (non-hydrogen) atoms. The third kappa shape index (κ3) is 5.35. The van der Waals surface area contributed by atoms with E-state index in [1.807, 2.05) is 0 Å². The van der Waals surface area contributed by atoms with Crippen LogP contribution in [0.25, 0.3) is 0 Å². The molecule has 5 nitrogen and oxygen atoms in total. The lowest BCUT2D eigenvalue weighted by atomic mass is 9.98. The fourth-order valence-corrected chi connectivity index (χ4v) is 1.90. The van der Waals surface area contributed by atoms with Gasteiger partial charge in [-0.1, -0.05) is 0 Å². The van der Waals surface area contributed by atoms with Crippen LogP contribution in [0.15, 0.2) is 0 Å². The Hall–Kier alpha value is -1.47. The second-order valence-electron chi connectivity index (χ2n) is 4.31. The molecule has 1 atom stereocenters. The van der Waals surface area contributed by atoms with Crippen molar-refractivity contribution in [2.75, 3.05) is 26.2 Å². The van der Waals surface area contributed by atoms with Crippen LogP contribution < -0.4 is 5.32 Å². The molecule has 1 N–H and O–H groups in total. The summed E-state index contributed by atoms with van der Waals surface area (Å²) in [6.45, 7) is 0.999. The molecule has 0 aromatic rings. The average Bonchev–Trinajstić information content (AvgIpc) is 2.35. The van der Waals surface area contributed by atoms with Crippen molar-refractivity contribution in [1.82, 2.24) is 10.2 Å². The molecular weight excluding hydrogens is 265 g/mol. The lowest BCUT2D eigenvalue weighted by Crippen LogP contribution is -2.49. The van der Waals surface area contributed by atoms with Gasteiger partial charge in [-0.2, -0.15) is 13.2 Å². The smallest absolute Gasteiger partial charge is 0.405 e. The standard InChI is InChI=1S/C11H17F3N2O3/c1-2-19-9(17)8-4-3-5-16(6-8)10(18)15-7-11(12,13)14/h8H,2-7H2,1H3,(H,15,18)/t8-/m1/s1. The molecule has 0 spiro atoms. The van der Waals surface area contributed by atoms with Gasteiger partial charge < -0.3 is 15.0 Å². The van der Waals surface area contributed by atoms with Crippen molar-refractivity contribution < 1.29 is 27.5 Å². The average molecular weight is 282 g/mol. The van der Waals surface area contributed by atoms with Crippen LogP contribution in [0.2, 0.25) is 0 Å². The Bertz CT molecular complexity index is 334. The van der Waals surface area contributed by atoms with E-state index in [1.54, 1.807) is 12.2 Å². The van der Waals surface area contributed by atoms with Crippen molar-refractivity contribution >= 4 is 12.0 Å². The first-order valence-electron chi connectivity index (χ1n) is 6.09. The molecule has 0 saturated carbocycles. The number of hydrogen-bond acceptors (Lipinski definition) is 3. The maximum atomic E-state index is 12.0. The van der Waals surface area contributed by atoms with E-state index >= 15 is 0 Å². The number of carbonyl (C=O) groups is 2. The Morgan fingerprint density at radius 2 is 2.11 bits per heavy atom. The van der Waals surface area contributed by atoms with Crippen LogP contribution in [0.1, 0.15) is 19.8 Å². The molecule has 1 heterocycles. The van der Waals surface area contributed by atoms with Crippen LogP contribution in [0.4, 0.5) is 18.0 Å². The molecule has 1 aliphatic heterocycles. The van der Waals surface area contributed by atoms with E-state index in [4.69, 9.17) is 4.74 Å². The van der Waals surface area contributed by atoms with Gasteiger partial charge in [0.25, 0.3) is 0 Å². The first-order valence-corrected chi connectivity index (χ1v) is 6.09. The molecule has 0 aliphatic carbocycles. The molecule has 1 rings (SSSR count). The second-order valence-corrected chi connectivity index (χ2v) is 4.31. The van der Waals surface area contributed by atoms with Crippen molar-refractivity contribution in [2.45, 2.75) is 25.9 Å². The Kier molecular flexibility index (Phi) is 5.44. The number of urea groups is 1. The zero-order valence-electron chi connectivity index (χ0n) is 10.6. The molecule has 110 valence electrons. The summed E-state index contributed by atoms with van der Waals surface area (Å²) in [6, 6.07) is -0.800. The highest BCUT2D eigenvalue weighted by atomic mass is 19.4. The van der Waals surface area contributed by atoms with Crippen molar-refractivity contribution in [2.24, 2.45) is 5.92 Å². The highest BCUT2D eigenvalue weighted by molar-refractivity contribution is 5.77. The molecule has 1 fully saturated rings. The summed E-state index contributed by atoms with van der Waals surface area (Å²) in [5.74, 6) is -0.860. The second kappa shape index (κ2) is 6.63. The number of ether oxygens (including phenoxy) is 1. The predicted octanol–water partition coefficient (Wildman–Crippen LogP) is 1.53. The highest BCUT2D eigenvalue weighted by Crippen LogP contribution is 2.18.